The Morgan fingerprint density at radius 2 is 2.29 bits per heavy atom. The Morgan fingerprint density at radius 3 is 2.79 bits per heavy atom. The molecule has 0 saturated heterocycles. The number of nitrogens with one attached hydrogen (secondary N) is 1. The summed E-state index contributed by atoms with van der Waals surface area (Å²) in [4.78, 5) is 0. The molecular formula is C9H13F2NO2. The van der Waals surface area contributed by atoms with E-state index in [1.54, 1.807) is 19.1 Å². The van der Waals surface area contributed by atoms with Gasteiger partial charge in [0.2, 0.25) is 0 Å². The summed E-state index contributed by atoms with van der Waals surface area (Å²) in [6.45, 7) is 1.62. The molecule has 1 aromatic heterocycles. The Balaban J connectivity index is 2.32. The van der Waals surface area contributed by atoms with Gasteiger partial charge in [-0.3, -0.25) is 0 Å². The van der Waals surface area contributed by atoms with E-state index in [-0.39, 0.29) is 12.6 Å². The van der Waals surface area contributed by atoms with E-state index in [0.717, 1.165) is 0 Å². The Labute approximate surface area is 80.7 Å². The highest BCUT2D eigenvalue weighted by molar-refractivity contribution is 5.02. The second-order valence-corrected chi connectivity index (χ2v) is 3.05. The highest BCUT2D eigenvalue weighted by Crippen LogP contribution is 2.12. The van der Waals surface area contributed by atoms with Crippen molar-refractivity contribution < 1.29 is 18.3 Å². The van der Waals surface area contributed by atoms with Gasteiger partial charge in [-0.15, -0.1) is 0 Å². The van der Waals surface area contributed by atoms with Crippen LogP contribution in [-0.2, 0) is 0 Å². The third-order valence-corrected chi connectivity index (χ3v) is 1.89. The molecule has 0 aliphatic carbocycles. The maximum absolute atomic E-state index is 11.9. The number of furan rings is 1. The van der Waals surface area contributed by atoms with Crippen LogP contribution in [0.2, 0.25) is 0 Å². The summed E-state index contributed by atoms with van der Waals surface area (Å²) in [6, 6.07) is 3.28. The van der Waals surface area contributed by atoms with Crippen molar-refractivity contribution in [3.8, 4) is 0 Å². The van der Waals surface area contributed by atoms with Crippen LogP contribution in [0, 0.1) is 0 Å². The van der Waals surface area contributed by atoms with Gasteiger partial charge in [-0.1, -0.05) is 0 Å². The molecule has 0 saturated carbocycles. The first-order valence-corrected chi connectivity index (χ1v) is 4.34. The first-order valence-electron chi connectivity index (χ1n) is 4.34. The number of hydrogen-bond donors (Lipinski definition) is 2. The van der Waals surface area contributed by atoms with Gasteiger partial charge in [0.15, 0.2) is 0 Å². The Bertz CT molecular complexity index is 251. The monoisotopic (exact) mass is 205 g/mol. The maximum atomic E-state index is 11.9. The lowest BCUT2D eigenvalue weighted by molar-refractivity contribution is -0.00467. The quantitative estimate of drug-likeness (QED) is 0.766. The van der Waals surface area contributed by atoms with Gasteiger partial charge in [0.1, 0.15) is 11.9 Å². The molecule has 0 radical (unpaired) electrons. The molecule has 0 aliphatic rings. The zero-order valence-corrected chi connectivity index (χ0v) is 7.78. The molecule has 80 valence electrons. The Morgan fingerprint density at radius 1 is 1.57 bits per heavy atom. The Hall–Kier alpha value is -0.940. The summed E-state index contributed by atoms with van der Waals surface area (Å²) in [5, 5.41) is 11.6. The molecule has 2 atom stereocenters. The van der Waals surface area contributed by atoms with E-state index in [2.05, 4.69) is 5.32 Å². The van der Waals surface area contributed by atoms with Crippen molar-refractivity contribution in [2.24, 2.45) is 0 Å². The first kappa shape index (κ1) is 11.1. The van der Waals surface area contributed by atoms with Gasteiger partial charge in [0.25, 0.3) is 6.43 Å². The average Bonchev–Trinajstić information content (AvgIpc) is 2.66. The number of halogens is 2. The topological polar surface area (TPSA) is 45.4 Å². The van der Waals surface area contributed by atoms with Gasteiger partial charge < -0.3 is 14.8 Å². The second-order valence-electron chi connectivity index (χ2n) is 3.05. The van der Waals surface area contributed by atoms with E-state index in [1.807, 2.05) is 0 Å². The number of hydrogen-bond acceptors (Lipinski definition) is 3. The third-order valence-electron chi connectivity index (χ3n) is 1.89. The number of rotatable bonds is 5. The highest BCUT2D eigenvalue weighted by atomic mass is 19.3. The van der Waals surface area contributed by atoms with Crippen LogP contribution >= 0.6 is 0 Å². The van der Waals surface area contributed by atoms with Crippen LogP contribution in [0.15, 0.2) is 22.8 Å². The van der Waals surface area contributed by atoms with Gasteiger partial charge in [-0.2, -0.15) is 0 Å². The van der Waals surface area contributed by atoms with Crippen LogP contribution in [0.1, 0.15) is 18.7 Å². The van der Waals surface area contributed by atoms with E-state index in [1.165, 1.54) is 6.26 Å². The molecule has 0 aromatic carbocycles. The highest BCUT2D eigenvalue weighted by Gasteiger charge is 2.18. The van der Waals surface area contributed by atoms with Crippen molar-refractivity contribution in [3.63, 3.8) is 0 Å². The largest absolute Gasteiger partial charge is 0.468 e. The van der Waals surface area contributed by atoms with Crippen molar-refractivity contribution in [2.75, 3.05) is 6.54 Å². The molecule has 1 aromatic rings. The number of aliphatic hydroxyl groups excluding tert-OH is 1. The smallest absolute Gasteiger partial charge is 0.265 e. The standard InChI is InChI=1S/C9H13F2NO2/c1-6(8-3-2-4-14-8)12-5-7(13)9(10)11/h2-4,6-7,9,12-13H,5H2,1H3. The maximum Gasteiger partial charge on any atom is 0.265 e. The van der Waals surface area contributed by atoms with Crippen LogP contribution in [0.25, 0.3) is 0 Å². The van der Waals surface area contributed by atoms with Crippen molar-refractivity contribution in [1.29, 1.82) is 0 Å². The molecule has 0 aliphatic heterocycles. The van der Waals surface area contributed by atoms with E-state index < -0.39 is 12.5 Å². The fourth-order valence-electron chi connectivity index (χ4n) is 1.02. The molecule has 0 fully saturated rings. The minimum absolute atomic E-state index is 0.153. The lowest BCUT2D eigenvalue weighted by Crippen LogP contribution is -2.33. The van der Waals surface area contributed by atoms with Crippen LogP contribution in [0.3, 0.4) is 0 Å². The average molecular weight is 205 g/mol. The van der Waals surface area contributed by atoms with Crippen molar-refractivity contribution in [2.45, 2.75) is 25.5 Å². The van der Waals surface area contributed by atoms with E-state index >= 15 is 0 Å². The summed E-state index contributed by atoms with van der Waals surface area (Å²) in [7, 11) is 0. The minimum Gasteiger partial charge on any atom is -0.468 e. The van der Waals surface area contributed by atoms with E-state index in [4.69, 9.17) is 9.52 Å². The summed E-state index contributed by atoms with van der Waals surface area (Å²) in [5.74, 6) is 0.659. The molecule has 0 spiro atoms. The fraction of sp³-hybridized carbons (Fsp3) is 0.556. The molecule has 1 rings (SSSR count). The van der Waals surface area contributed by atoms with Crippen LogP contribution in [0.5, 0.6) is 0 Å². The van der Waals surface area contributed by atoms with Gasteiger partial charge in [0.05, 0.1) is 12.3 Å². The molecular weight excluding hydrogens is 192 g/mol. The third kappa shape index (κ3) is 3.08. The minimum atomic E-state index is -2.72. The molecule has 14 heavy (non-hydrogen) atoms. The SMILES string of the molecule is CC(NCC(O)C(F)F)c1ccco1. The molecule has 2 N–H and O–H groups in total. The first-order chi connectivity index (χ1) is 6.61. The number of alkyl halides is 2. The molecule has 1 heterocycles. The normalized spacial score (nSPS) is 15.8. The lowest BCUT2D eigenvalue weighted by atomic mass is 10.2. The fourth-order valence-corrected chi connectivity index (χ4v) is 1.02. The summed E-state index contributed by atoms with van der Waals surface area (Å²) >= 11 is 0. The summed E-state index contributed by atoms with van der Waals surface area (Å²) in [5.41, 5.74) is 0. The zero-order valence-electron chi connectivity index (χ0n) is 7.78. The molecule has 5 heteroatoms. The van der Waals surface area contributed by atoms with Gasteiger partial charge in [-0.05, 0) is 19.1 Å². The van der Waals surface area contributed by atoms with E-state index in [9.17, 15) is 8.78 Å². The zero-order chi connectivity index (χ0) is 10.6. The van der Waals surface area contributed by atoms with Crippen LogP contribution in [0.4, 0.5) is 8.78 Å². The van der Waals surface area contributed by atoms with Crippen molar-refractivity contribution in [1.82, 2.24) is 5.32 Å². The second kappa shape index (κ2) is 5.07. The molecule has 2 unspecified atom stereocenters. The lowest BCUT2D eigenvalue weighted by Gasteiger charge is -2.14. The molecule has 0 amide bonds. The summed E-state index contributed by atoms with van der Waals surface area (Å²) < 4.78 is 28.9. The summed E-state index contributed by atoms with van der Waals surface area (Å²) in [6.07, 6.45) is -2.84. The van der Waals surface area contributed by atoms with Crippen LogP contribution < -0.4 is 5.32 Å². The predicted molar refractivity (Wildman–Crippen MR) is 47.1 cm³/mol. The van der Waals surface area contributed by atoms with Gasteiger partial charge in [0, 0.05) is 6.54 Å². The number of aliphatic hydroxyl groups is 1. The molecule has 3 nitrogen and oxygen atoms in total. The van der Waals surface area contributed by atoms with Crippen LogP contribution in [-0.4, -0.2) is 24.2 Å². The van der Waals surface area contributed by atoms with E-state index in [0.29, 0.717) is 5.76 Å². The van der Waals surface area contributed by atoms with Crippen molar-refractivity contribution in [3.05, 3.63) is 24.2 Å². The van der Waals surface area contributed by atoms with Crippen molar-refractivity contribution >= 4 is 0 Å². The van der Waals surface area contributed by atoms with Gasteiger partial charge in [-0.25, -0.2) is 8.78 Å². The van der Waals surface area contributed by atoms with Gasteiger partial charge >= 0.3 is 0 Å². The molecule has 0 bridgehead atoms. The Kier molecular flexibility index (Phi) is 4.03. The predicted octanol–water partition coefficient (Wildman–Crippen LogP) is 1.56.